The molecule has 0 saturated carbocycles. The number of allylic oxidation sites excluding steroid dienone is 1. The first-order valence-corrected chi connectivity index (χ1v) is 9.15. The lowest BCUT2D eigenvalue weighted by molar-refractivity contribution is -0.145. The minimum atomic E-state index is -0.488. The van der Waals surface area contributed by atoms with E-state index in [0.29, 0.717) is 19.4 Å². The Morgan fingerprint density at radius 2 is 1.82 bits per heavy atom. The van der Waals surface area contributed by atoms with Crippen molar-refractivity contribution in [3.63, 3.8) is 0 Å². The standard InChI is InChI=1S/C22H20N2O4/c1-27-21(25)18-13-12-17(24(18)14-15-8-4-2-5-9-15)19-22(26)28-20(23-19)16-10-6-3-7-11-16/h2-11,18H,12-14H2,1H3/b19-17-. The molecule has 28 heavy (non-hydrogen) atoms. The van der Waals surface area contributed by atoms with Crippen LogP contribution in [0.3, 0.4) is 0 Å². The second-order valence-electron chi connectivity index (χ2n) is 6.66. The van der Waals surface area contributed by atoms with Crippen LogP contribution in [0.2, 0.25) is 0 Å². The van der Waals surface area contributed by atoms with Gasteiger partial charge in [-0.1, -0.05) is 48.5 Å². The number of carbonyl (C=O) groups excluding carboxylic acids is 2. The smallest absolute Gasteiger partial charge is 0.365 e. The summed E-state index contributed by atoms with van der Waals surface area (Å²) in [5.74, 6) is -0.517. The Hall–Kier alpha value is -3.41. The lowest BCUT2D eigenvalue weighted by atomic mass is 10.2. The van der Waals surface area contributed by atoms with Crippen LogP contribution in [0.4, 0.5) is 0 Å². The molecular formula is C22H20N2O4. The van der Waals surface area contributed by atoms with Crippen molar-refractivity contribution in [2.75, 3.05) is 7.11 Å². The van der Waals surface area contributed by atoms with Gasteiger partial charge in [-0.2, -0.15) is 0 Å². The zero-order valence-electron chi connectivity index (χ0n) is 15.5. The molecule has 0 aliphatic carbocycles. The summed E-state index contributed by atoms with van der Waals surface area (Å²) in [6.45, 7) is 0.489. The highest BCUT2D eigenvalue weighted by Crippen LogP contribution is 2.34. The lowest BCUT2D eigenvalue weighted by Gasteiger charge is -2.26. The van der Waals surface area contributed by atoms with Crippen LogP contribution in [-0.2, 0) is 25.6 Å². The highest BCUT2D eigenvalue weighted by molar-refractivity contribution is 6.11. The molecule has 0 amide bonds. The van der Waals surface area contributed by atoms with Crippen LogP contribution >= 0.6 is 0 Å². The molecule has 6 heteroatoms. The van der Waals surface area contributed by atoms with Gasteiger partial charge in [-0.25, -0.2) is 14.6 Å². The molecule has 1 saturated heterocycles. The first kappa shape index (κ1) is 18.0. The number of hydrogen-bond acceptors (Lipinski definition) is 6. The molecule has 2 aromatic carbocycles. The van der Waals surface area contributed by atoms with E-state index in [1.165, 1.54) is 7.11 Å². The van der Waals surface area contributed by atoms with E-state index >= 15 is 0 Å². The topological polar surface area (TPSA) is 68.2 Å². The summed E-state index contributed by atoms with van der Waals surface area (Å²) in [5, 5.41) is 0. The van der Waals surface area contributed by atoms with Gasteiger partial charge >= 0.3 is 11.9 Å². The van der Waals surface area contributed by atoms with Crippen LogP contribution in [0.5, 0.6) is 0 Å². The Kier molecular flexibility index (Phi) is 4.93. The van der Waals surface area contributed by atoms with Gasteiger partial charge in [-0.15, -0.1) is 0 Å². The molecule has 2 heterocycles. The maximum Gasteiger partial charge on any atom is 0.365 e. The number of ether oxygens (including phenoxy) is 2. The number of carbonyl (C=O) groups is 2. The Morgan fingerprint density at radius 1 is 1.14 bits per heavy atom. The molecule has 1 fully saturated rings. The average molecular weight is 376 g/mol. The third-order valence-electron chi connectivity index (χ3n) is 4.94. The lowest BCUT2D eigenvalue weighted by Crippen LogP contribution is -2.36. The van der Waals surface area contributed by atoms with Gasteiger partial charge in [-0.3, -0.25) is 0 Å². The summed E-state index contributed by atoms with van der Waals surface area (Å²) in [6, 6.07) is 18.7. The Balaban J connectivity index is 1.72. The maximum absolute atomic E-state index is 12.6. The first-order valence-electron chi connectivity index (χ1n) is 9.15. The zero-order valence-corrected chi connectivity index (χ0v) is 15.5. The number of likely N-dealkylation sites (tertiary alicyclic amines) is 1. The highest BCUT2D eigenvalue weighted by atomic mass is 16.6. The number of nitrogens with zero attached hydrogens (tertiary/aromatic N) is 2. The van der Waals surface area contributed by atoms with Crippen molar-refractivity contribution in [3.05, 3.63) is 83.2 Å². The van der Waals surface area contributed by atoms with E-state index in [1.54, 1.807) is 0 Å². The summed E-state index contributed by atoms with van der Waals surface area (Å²) in [6.07, 6.45) is 1.13. The van der Waals surface area contributed by atoms with Crippen molar-refractivity contribution in [3.8, 4) is 0 Å². The number of rotatable bonds is 4. The van der Waals surface area contributed by atoms with E-state index in [1.807, 2.05) is 65.6 Å². The first-order chi connectivity index (χ1) is 13.7. The molecule has 1 unspecified atom stereocenters. The molecule has 2 aliphatic rings. The molecule has 0 spiro atoms. The minimum absolute atomic E-state index is 0.265. The van der Waals surface area contributed by atoms with E-state index in [-0.39, 0.29) is 17.6 Å². The predicted octanol–water partition coefficient (Wildman–Crippen LogP) is 3.04. The van der Waals surface area contributed by atoms with E-state index in [9.17, 15) is 9.59 Å². The largest absolute Gasteiger partial charge is 0.467 e. The summed E-state index contributed by atoms with van der Waals surface area (Å²) < 4.78 is 10.4. The van der Waals surface area contributed by atoms with Crippen molar-refractivity contribution in [2.24, 2.45) is 4.99 Å². The fraction of sp³-hybridized carbons (Fsp3) is 0.227. The second kappa shape index (κ2) is 7.68. The van der Waals surface area contributed by atoms with Crippen LogP contribution < -0.4 is 0 Å². The SMILES string of the molecule is COC(=O)C1CC/C(=C2/N=C(c3ccccc3)OC2=O)N1Cc1ccccc1. The summed E-state index contributed by atoms with van der Waals surface area (Å²) in [7, 11) is 1.38. The molecule has 1 atom stereocenters. The van der Waals surface area contributed by atoms with Crippen molar-refractivity contribution < 1.29 is 19.1 Å². The molecule has 0 bridgehead atoms. The van der Waals surface area contributed by atoms with Gasteiger partial charge in [0.25, 0.3) is 0 Å². The van der Waals surface area contributed by atoms with Crippen molar-refractivity contribution in [2.45, 2.75) is 25.4 Å². The van der Waals surface area contributed by atoms with Crippen LogP contribution in [0.1, 0.15) is 24.0 Å². The Bertz CT molecular complexity index is 951. The highest BCUT2D eigenvalue weighted by Gasteiger charge is 2.39. The maximum atomic E-state index is 12.6. The molecule has 4 rings (SSSR count). The van der Waals surface area contributed by atoms with E-state index in [2.05, 4.69) is 4.99 Å². The minimum Gasteiger partial charge on any atom is -0.467 e. The number of esters is 2. The summed E-state index contributed by atoms with van der Waals surface area (Å²) in [5.41, 5.74) is 2.76. The second-order valence-corrected chi connectivity index (χ2v) is 6.66. The van der Waals surface area contributed by atoms with Crippen LogP contribution in [0, 0.1) is 0 Å². The van der Waals surface area contributed by atoms with E-state index < -0.39 is 12.0 Å². The number of cyclic esters (lactones) is 1. The molecule has 142 valence electrons. The molecule has 0 N–H and O–H groups in total. The van der Waals surface area contributed by atoms with E-state index in [0.717, 1.165) is 16.8 Å². The normalized spacial score (nSPS) is 21.5. The summed E-state index contributed by atoms with van der Waals surface area (Å²) >= 11 is 0. The van der Waals surface area contributed by atoms with Gasteiger partial charge in [0.1, 0.15) is 6.04 Å². The fourth-order valence-electron chi connectivity index (χ4n) is 3.57. The van der Waals surface area contributed by atoms with Gasteiger partial charge < -0.3 is 14.4 Å². The number of methoxy groups -OCH3 is 1. The molecule has 2 aliphatic heterocycles. The Labute approximate surface area is 163 Å². The zero-order chi connectivity index (χ0) is 19.5. The van der Waals surface area contributed by atoms with Crippen molar-refractivity contribution >= 4 is 17.8 Å². The van der Waals surface area contributed by atoms with Crippen molar-refractivity contribution in [1.29, 1.82) is 0 Å². The average Bonchev–Trinajstić information content (AvgIpc) is 3.32. The van der Waals surface area contributed by atoms with Crippen LogP contribution in [0.25, 0.3) is 0 Å². The molecule has 2 aromatic rings. The van der Waals surface area contributed by atoms with Crippen LogP contribution in [-0.4, -0.2) is 35.9 Å². The fourth-order valence-corrected chi connectivity index (χ4v) is 3.57. The number of hydrogen-bond donors (Lipinski definition) is 0. The number of benzene rings is 2. The Morgan fingerprint density at radius 3 is 2.50 bits per heavy atom. The summed E-state index contributed by atoms with van der Waals surface area (Å²) in [4.78, 5) is 31.2. The van der Waals surface area contributed by atoms with Gasteiger partial charge in [0.05, 0.1) is 7.11 Å². The van der Waals surface area contributed by atoms with Gasteiger partial charge in [0.2, 0.25) is 5.90 Å². The third kappa shape index (κ3) is 3.41. The van der Waals surface area contributed by atoms with Gasteiger partial charge in [0, 0.05) is 17.8 Å². The van der Waals surface area contributed by atoms with Gasteiger partial charge in [-0.05, 0) is 30.5 Å². The van der Waals surface area contributed by atoms with Crippen molar-refractivity contribution in [1.82, 2.24) is 4.90 Å². The molecule has 0 radical (unpaired) electrons. The van der Waals surface area contributed by atoms with Crippen LogP contribution in [0.15, 0.2) is 77.1 Å². The third-order valence-corrected chi connectivity index (χ3v) is 4.94. The quantitative estimate of drug-likeness (QED) is 0.606. The van der Waals surface area contributed by atoms with E-state index in [4.69, 9.17) is 9.47 Å². The molecule has 0 aromatic heterocycles. The monoisotopic (exact) mass is 376 g/mol. The molecule has 6 nitrogen and oxygen atoms in total. The molecular weight excluding hydrogens is 356 g/mol. The predicted molar refractivity (Wildman–Crippen MR) is 103 cm³/mol. The number of aliphatic imine (C=N–C) groups is 1. The van der Waals surface area contributed by atoms with Gasteiger partial charge in [0.15, 0.2) is 5.70 Å².